The standard InChI is InChI=1S/C16H25NO3/c1-4-20-16(18)13-7-9-17(10-8-13)15-6-5-14(19-3)11-12(15)2/h11,13H,4-10H2,1-3H3. The zero-order chi connectivity index (χ0) is 14.5. The number of carbonyl (C=O) groups excluding carboxylic acids is 1. The minimum atomic E-state index is -0.0249. The Labute approximate surface area is 121 Å². The molecule has 4 nitrogen and oxygen atoms in total. The van der Waals surface area contributed by atoms with Gasteiger partial charge in [-0.15, -0.1) is 0 Å². The predicted molar refractivity (Wildman–Crippen MR) is 78.0 cm³/mol. The Kier molecular flexibility index (Phi) is 5.10. The molecule has 2 rings (SSSR count). The third-order valence-electron chi connectivity index (χ3n) is 4.20. The van der Waals surface area contributed by atoms with E-state index in [4.69, 9.17) is 9.47 Å². The maximum atomic E-state index is 11.7. The molecule has 0 saturated carbocycles. The van der Waals surface area contributed by atoms with Crippen molar-refractivity contribution in [3.05, 3.63) is 23.1 Å². The molecule has 1 aliphatic carbocycles. The van der Waals surface area contributed by atoms with Crippen LogP contribution in [0.25, 0.3) is 0 Å². The van der Waals surface area contributed by atoms with Crippen molar-refractivity contribution in [2.24, 2.45) is 5.92 Å². The summed E-state index contributed by atoms with van der Waals surface area (Å²) >= 11 is 0. The van der Waals surface area contributed by atoms with E-state index in [2.05, 4.69) is 17.9 Å². The van der Waals surface area contributed by atoms with Gasteiger partial charge in [-0.05, 0) is 44.8 Å². The number of ether oxygens (including phenoxy) is 2. The molecule has 1 aliphatic heterocycles. The molecule has 0 radical (unpaired) electrons. The van der Waals surface area contributed by atoms with Gasteiger partial charge in [0.15, 0.2) is 0 Å². The second-order valence-electron chi connectivity index (χ2n) is 5.46. The lowest BCUT2D eigenvalue weighted by molar-refractivity contribution is -0.149. The van der Waals surface area contributed by atoms with E-state index in [9.17, 15) is 4.79 Å². The molecule has 0 spiro atoms. The van der Waals surface area contributed by atoms with Crippen molar-refractivity contribution < 1.29 is 14.3 Å². The van der Waals surface area contributed by atoms with Gasteiger partial charge in [-0.1, -0.05) is 0 Å². The van der Waals surface area contributed by atoms with Crippen LogP contribution in [-0.4, -0.2) is 37.7 Å². The number of esters is 1. The van der Waals surface area contributed by atoms with E-state index in [1.807, 2.05) is 6.92 Å². The Morgan fingerprint density at radius 3 is 2.60 bits per heavy atom. The van der Waals surface area contributed by atoms with Crippen LogP contribution in [-0.2, 0) is 14.3 Å². The van der Waals surface area contributed by atoms with Crippen LogP contribution in [0.1, 0.15) is 39.5 Å². The minimum Gasteiger partial charge on any atom is -0.501 e. The molecule has 0 aromatic carbocycles. The van der Waals surface area contributed by atoms with E-state index in [1.165, 1.54) is 11.3 Å². The first-order valence-corrected chi connectivity index (χ1v) is 7.51. The first-order valence-electron chi connectivity index (χ1n) is 7.51. The summed E-state index contributed by atoms with van der Waals surface area (Å²) in [4.78, 5) is 14.2. The largest absolute Gasteiger partial charge is 0.501 e. The first kappa shape index (κ1) is 14.9. The summed E-state index contributed by atoms with van der Waals surface area (Å²) in [6.07, 6.45) is 5.94. The molecule has 0 bridgehead atoms. The molecular formula is C16H25NO3. The van der Waals surface area contributed by atoms with Gasteiger partial charge in [0.25, 0.3) is 0 Å². The van der Waals surface area contributed by atoms with Gasteiger partial charge in [0, 0.05) is 25.2 Å². The number of methoxy groups -OCH3 is 1. The Morgan fingerprint density at radius 1 is 1.35 bits per heavy atom. The Hall–Kier alpha value is -1.45. The van der Waals surface area contributed by atoms with E-state index >= 15 is 0 Å². The van der Waals surface area contributed by atoms with Crippen molar-refractivity contribution in [1.29, 1.82) is 0 Å². The summed E-state index contributed by atoms with van der Waals surface area (Å²) in [5, 5.41) is 0. The molecule has 0 atom stereocenters. The number of nitrogens with zero attached hydrogens (tertiary/aromatic N) is 1. The summed E-state index contributed by atoms with van der Waals surface area (Å²) in [6, 6.07) is 0. The number of hydrogen-bond acceptors (Lipinski definition) is 4. The number of piperidine rings is 1. The lowest BCUT2D eigenvalue weighted by atomic mass is 9.94. The van der Waals surface area contributed by atoms with Gasteiger partial charge in [0.1, 0.15) is 0 Å². The molecule has 4 heteroatoms. The van der Waals surface area contributed by atoms with Gasteiger partial charge in [-0.3, -0.25) is 4.79 Å². The van der Waals surface area contributed by atoms with E-state index in [-0.39, 0.29) is 11.9 Å². The fourth-order valence-corrected chi connectivity index (χ4v) is 3.05. The van der Waals surface area contributed by atoms with Crippen molar-refractivity contribution in [2.45, 2.75) is 39.5 Å². The molecule has 20 heavy (non-hydrogen) atoms. The van der Waals surface area contributed by atoms with Crippen LogP contribution in [0, 0.1) is 5.92 Å². The second-order valence-corrected chi connectivity index (χ2v) is 5.46. The maximum absolute atomic E-state index is 11.7. The Balaban J connectivity index is 1.94. The van der Waals surface area contributed by atoms with Gasteiger partial charge in [0.2, 0.25) is 0 Å². The van der Waals surface area contributed by atoms with Gasteiger partial charge >= 0.3 is 5.97 Å². The molecule has 2 aliphatic rings. The third kappa shape index (κ3) is 3.35. The SMILES string of the molecule is CCOC(=O)C1CCN(C2=C(C)C=C(OC)CC2)CC1. The molecule has 0 amide bonds. The Bertz CT molecular complexity index is 417. The topological polar surface area (TPSA) is 38.8 Å². The summed E-state index contributed by atoms with van der Waals surface area (Å²) < 4.78 is 10.4. The fourth-order valence-electron chi connectivity index (χ4n) is 3.05. The zero-order valence-electron chi connectivity index (χ0n) is 12.8. The van der Waals surface area contributed by atoms with Crippen LogP contribution in [0.2, 0.25) is 0 Å². The average molecular weight is 279 g/mol. The zero-order valence-corrected chi connectivity index (χ0v) is 12.8. The molecule has 0 unspecified atom stereocenters. The highest BCUT2D eigenvalue weighted by molar-refractivity contribution is 5.72. The summed E-state index contributed by atoms with van der Waals surface area (Å²) in [5.74, 6) is 1.12. The number of rotatable bonds is 4. The average Bonchev–Trinajstić information content (AvgIpc) is 2.47. The number of likely N-dealkylation sites (tertiary alicyclic amines) is 1. The molecule has 1 saturated heterocycles. The van der Waals surface area contributed by atoms with Crippen molar-refractivity contribution >= 4 is 5.97 Å². The normalized spacial score (nSPS) is 20.8. The number of allylic oxidation sites excluding steroid dienone is 4. The van der Waals surface area contributed by atoms with Gasteiger partial charge in [-0.25, -0.2) is 0 Å². The van der Waals surface area contributed by atoms with E-state index in [0.29, 0.717) is 6.61 Å². The van der Waals surface area contributed by atoms with Gasteiger partial charge in [-0.2, -0.15) is 0 Å². The van der Waals surface area contributed by atoms with E-state index in [0.717, 1.165) is 44.5 Å². The summed E-state index contributed by atoms with van der Waals surface area (Å²) in [5.41, 5.74) is 2.70. The third-order valence-corrected chi connectivity index (χ3v) is 4.20. The number of carbonyl (C=O) groups is 1. The summed E-state index contributed by atoms with van der Waals surface area (Å²) in [6.45, 7) is 6.39. The molecule has 0 aromatic heterocycles. The molecule has 0 aromatic rings. The minimum absolute atomic E-state index is 0.0249. The monoisotopic (exact) mass is 279 g/mol. The lowest BCUT2D eigenvalue weighted by Crippen LogP contribution is -2.37. The maximum Gasteiger partial charge on any atom is 0.309 e. The van der Waals surface area contributed by atoms with Gasteiger partial charge in [0.05, 0.1) is 25.4 Å². The van der Waals surface area contributed by atoms with Crippen molar-refractivity contribution in [3.63, 3.8) is 0 Å². The number of hydrogen-bond donors (Lipinski definition) is 0. The fraction of sp³-hybridized carbons (Fsp3) is 0.688. The lowest BCUT2D eigenvalue weighted by Gasteiger charge is -2.36. The molecule has 1 fully saturated rings. The first-order chi connectivity index (χ1) is 9.65. The highest BCUT2D eigenvalue weighted by atomic mass is 16.5. The van der Waals surface area contributed by atoms with Crippen LogP contribution in [0.5, 0.6) is 0 Å². The van der Waals surface area contributed by atoms with Crippen LogP contribution in [0.4, 0.5) is 0 Å². The summed E-state index contributed by atoms with van der Waals surface area (Å²) in [7, 11) is 1.73. The van der Waals surface area contributed by atoms with Crippen molar-refractivity contribution in [3.8, 4) is 0 Å². The van der Waals surface area contributed by atoms with Crippen molar-refractivity contribution in [1.82, 2.24) is 4.90 Å². The van der Waals surface area contributed by atoms with Crippen LogP contribution in [0.3, 0.4) is 0 Å². The molecule has 0 N–H and O–H groups in total. The smallest absolute Gasteiger partial charge is 0.309 e. The molecule has 1 heterocycles. The second kappa shape index (κ2) is 6.82. The molecular weight excluding hydrogens is 254 g/mol. The van der Waals surface area contributed by atoms with E-state index < -0.39 is 0 Å². The van der Waals surface area contributed by atoms with Crippen LogP contribution in [0.15, 0.2) is 23.1 Å². The van der Waals surface area contributed by atoms with Crippen molar-refractivity contribution in [2.75, 3.05) is 26.8 Å². The van der Waals surface area contributed by atoms with E-state index in [1.54, 1.807) is 7.11 Å². The van der Waals surface area contributed by atoms with Gasteiger partial charge < -0.3 is 14.4 Å². The predicted octanol–water partition coefficient (Wildman–Crippen LogP) is 2.86. The Morgan fingerprint density at radius 2 is 2.05 bits per heavy atom. The quantitative estimate of drug-likeness (QED) is 0.742. The molecule has 112 valence electrons. The van der Waals surface area contributed by atoms with Crippen LogP contribution >= 0.6 is 0 Å². The van der Waals surface area contributed by atoms with Crippen LogP contribution < -0.4 is 0 Å². The highest BCUT2D eigenvalue weighted by Crippen LogP contribution is 2.30. The highest BCUT2D eigenvalue weighted by Gasteiger charge is 2.28.